The van der Waals surface area contributed by atoms with Gasteiger partial charge in [0.25, 0.3) is 0 Å². The van der Waals surface area contributed by atoms with Gasteiger partial charge in [0.15, 0.2) is 0 Å². The molecule has 122 valence electrons. The van der Waals surface area contributed by atoms with Gasteiger partial charge >= 0.3 is 6.03 Å². The van der Waals surface area contributed by atoms with Crippen molar-refractivity contribution in [2.75, 3.05) is 18.6 Å². The van der Waals surface area contributed by atoms with Gasteiger partial charge in [-0.3, -0.25) is 0 Å². The summed E-state index contributed by atoms with van der Waals surface area (Å²) in [5.74, 6) is 0.0938. The van der Waals surface area contributed by atoms with Crippen LogP contribution in [0.5, 0.6) is 0 Å². The van der Waals surface area contributed by atoms with Crippen LogP contribution in [0.3, 0.4) is 0 Å². The summed E-state index contributed by atoms with van der Waals surface area (Å²) in [5, 5.41) is 2.92. The third-order valence-corrected chi connectivity index (χ3v) is 4.97. The Kier molecular flexibility index (Phi) is 5.45. The van der Waals surface area contributed by atoms with Crippen LogP contribution in [0, 0.1) is 0 Å². The number of hydrogen-bond donors (Lipinski definition) is 1. The lowest BCUT2D eigenvalue weighted by Crippen LogP contribution is -2.44. The van der Waals surface area contributed by atoms with Gasteiger partial charge in [0.05, 0.1) is 11.8 Å². The molecule has 2 amide bonds. The molecule has 1 saturated heterocycles. The van der Waals surface area contributed by atoms with E-state index in [2.05, 4.69) is 5.32 Å². The van der Waals surface area contributed by atoms with Crippen LogP contribution in [0.2, 0.25) is 0 Å². The quantitative estimate of drug-likeness (QED) is 0.904. The number of urea groups is 1. The predicted molar refractivity (Wildman–Crippen MR) is 87.4 cm³/mol. The summed E-state index contributed by atoms with van der Waals surface area (Å²) in [6.07, 6.45) is 3.61. The summed E-state index contributed by atoms with van der Waals surface area (Å²) >= 11 is 0. The highest BCUT2D eigenvalue weighted by molar-refractivity contribution is 7.90. The standard InChI is InChI=1S/C16H24N2O3S/c1-13(10-12-22(2,20)21)17-16(19)18-11-6-9-15(18)14-7-4-3-5-8-14/h3-5,7-8,13,15H,6,9-12H2,1-2H3,(H,17,19). The van der Waals surface area contributed by atoms with E-state index in [0.29, 0.717) is 6.42 Å². The molecule has 1 fully saturated rings. The van der Waals surface area contributed by atoms with Gasteiger partial charge in [0.2, 0.25) is 0 Å². The highest BCUT2D eigenvalue weighted by Gasteiger charge is 2.30. The highest BCUT2D eigenvalue weighted by Crippen LogP contribution is 2.31. The third-order valence-electron chi connectivity index (χ3n) is 3.99. The summed E-state index contributed by atoms with van der Waals surface area (Å²) in [7, 11) is -2.99. The molecule has 2 rings (SSSR count). The maximum atomic E-state index is 12.4. The van der Waals surface area contributed by atoms with Gasteiger partial charge in [-0.1, -0.05) is 30.3 Å². The predicted octanol–water partition coefficient (Wildman–Crippen LogP) is 2.36. The van der Waals surface area contributed by atoms with Crippen molar-refractivity contribution in [2.45, 2.75) is 38.3 Å². The SMILES string of the molecule is CC(CCS(C)(=O)=O)NC(=O)N1CCCC1c1ccccc1. The second-order valence-electron chi connectivity index (χ2n) is 6.03. The van der Waals surface area contributed by atoms with Crippen LogP contribution >= 0.6 is 0 Å². The largest absolute Gasteiger partial charge is 0.335 e. The van der Waals surface area contributed by atoms with Crippen molar-refractivity contribution in [3.05, 3.63) is 35.9 Å². The minimum atomic E-state index is -2.99. The fourth-order valence-electron chi connectivity index (χ4n) is 2.79. The van der Waals surface area contributed by atoms with Crippen LogP contribution < -0.4 is 5.32 Å². The van der Waals surface area contributed by atoms with Gasteiger partial charge in [-0.2, -0.15) is 0 Å². The van der Waals surface area contributed by atoms with Gasteiger partial charge in [-0.05, 0) is 31.7 Å². The number of hydrogen-bond acceptors (Lipinski definition) is 3. The number of nitrogens with one attached hydrogen (secondary N) is 1. The summed E-state index contributed by atoms with van der Waals surface area (Å²) < 4.78 is 22.4. The summed E-state index contributed by atoms with van der Waals surface area (Å²) in [5.41, 5.74) is 1.15. The lowest BCUT2D eigenvalue weighted by Gasteiger charge is -2.27. The number of carbonyl (C=O) groups is 1. The molecule has 0 aromatic heterocycles. The molecule has 0 aliphatic carbocycles. The van der Waals surface area contributed by atoms with Crippen LogP contribution in [0.1, 0.15) is 37.8 Å². The van der Waals surface area contributed by atoms with Gasteiger partial charge in [-0.25, -0.2) is 13.2 Å². The van der Waals surface area contributed by atoms with Crippen LogP contribution in [0.4, 0.5) is 4.79 Å². The van der Waals surface area contributed by atoms with Crippen molar-refractivity contribution < 1.29 is 13.2 Å². The molecular weight excluding hydrogens is 300 g/mol. The molecule has 5 nitrogen and oxygen atoms in total. The number of rotatable bonds is 5. The van der Waals surface area contributed by atoms with Crippen molar-refractivity contribution in [3.63, 3.8) is 0 Å². The Morgan fingerprint density at radius 3 is 2.68 bits per heavy atom. The zero-order valence-corrected chi connectivity index (χ0v) is 14.0. The van der Waals surface area contributed by atoms with Crippen molar-refractivity contribution in [1.29, 1.82) is 0 Å². The van der Waals surface area contributed by atoms with Gasteiger partial charge < -0.3 is 10.2 Å². The van der Waals surface area contributed by atoms with Crippen molar-refractivity contribution in [1.82, 2.24) is 10.2 Å². The zero-order chi connectivity index (χ0) is 16.2. The third kappa shape index (κ3) is 4.73. The minimum Gasteiger partial charge on any atom is -0.335 e. The summed E-state index contributed by atoms with van der Waals surface area (Å²) in [4.78, 5) is 14.3. The normalized spacial score (nSPS) is 19.9. The zero-order valence-electron chi connectivity index (χ0n) is 13.2. The molecule has 1 aromatic rings. The number of sulfone groups is 1. The van der Waals surface area contributed by atoms with Crippen LogP contribution in [-0.4, -0.2) is 43.9 Å². The first-order chi connectivity index (χ1) is 10.4. The molecule has 2 unspecified atom stereocenters. The summed E-state index contributed by atoms with van der Waals surface area (Å²) in [6, 6.07) is 9.88. The van der Waals surface area contributed by atoms with Crippen molar-refractivity contribution >= 4 is 15.9 Å². The molecule has 1 heterocycles. The molecule has 1 N–H and O–H groups in total. The number of benzene rings is 1. The molecule has 0 saturated carbocycles. The molecule has 6 heteroatoms. The van der Waals surface area contributed by atoms with E-state index in [1.807, 2.05) is 42.2 Å². The van der Waals surface area contributed by atoms with Crippen molar-refractivity contribution in [3.8, 4) is 0 Å². The van der Waals surface area contributed by atoms with Crippen LogP contribution in [-0.2, 0) is 9.84 Å². The molecule has 2 atom stereocenters. The average molecular weight is 324 g/mol. The lowest BCUT2D eigenvalue weighted by molar-refractivity contribution is 0.189. The monoisotopic (exact) mass is 324 g/mol. The summed E-state index contributed by atoms with van der Waals surface area (Å²) in [6.45, 7) is 2.58. The van der Waals surface area contributed by atoms with E-state index in [-0.39, 0.29) is 23.9 Å². The van der Waals surface area contributed by atoms with Gasteiger partial charge in [0, 0.05) is 18.8 Å². The van der Waals surface area contributed by atoms with E-state index in [4.69, 9.17) is 0 Å². The molecule has 0 bridgehead atoms. The number of nitrogens with zero attached hydrogens (tertiary/aromatic N) is 1. The molecule has 1 aliphatic heterocycles. The average Bonchev–Trinajstić information content (AvgIpc) is 2.95. The minimum absolute atomic E-state index is 0.0938. The van der Waals surface area contributed by atoms with Crippen LogP contribution in [0.25, 0.3) is 0 Å². The Morgan fingerprint density at radius 2 is 2.05 bits per heavy atom. The maximum absolute atomic E-state index is 12.4. The molecule has 0 spiro atoms. The number of amides is 2. The second kappa shape index (κ2) is 7.13. The van der Waals surface area contributed by atoms with Gasteiger partial charge in [-0.15, -0.1) is 0 Å². The lowest BCUT2D eigenvalue weighted by atomic mass is 10.1. The molecular formula is C16H24N2O3S. The second-order valence-corrected chi connectivity index (χ2v) is 8.29. The maximum Gasteiger partial charge on any atom is 0.318 e. The Hall–Kier alpha value is -1.56. The molecule has 1 aliphatic rings. The molecule has 22 heavy (non-hydrogen) atoms. The Bertz CT molecular complexity index is 601. The van der Waals surface area contributed by atoms with E-state index in [1.165, 1.54) is 6.26 Å². The first-order valence-electron chi connectivity index (χ1n) is 7.66. The molecule has 0 radical (unpaired) electrons. The fraction of sp³-hybridized carbons (Fsp3) is 0.562. The van der Waals surface area contributed by atoms with E-state index < -0.39 is 9.84 Å². The van der Waals surface area contributed by atoms with E-state index in [9.17, 15) is 13.2 Å². The van der Waals surface area contributed by atoms with Gasteiger partial charge in [0.1, 0.15) is 9.84 Å². The van der Waals surface area contributed by atoms with Crippen molar-refractivity contribution in [2.24, 2.45) is 0 Å². The van der Waals surface area contributed by atoms with E-state index >= 15 is 0 Å². The fourth-order valence-corrected chi connectivity index (χ4v) is 3.57. The Labute approximate surface area is 132 Å². The smallest absolute Gasteiger partial charge is 0.318 e. The highest BCUT2D eigenvalue weighted by atomic mass is 32.2. The number of likely N-dealkylation sites (tertiary alicyclic amines) is 1. The Balaban J connectivity index is 1.94. The van der Waals surface area contributed by atoms with E-state index in [1.54, 1.807) is 0 Å². The first-order valence-corrected chi connectivity index (χ1v) is 9.72. The molecule has 1 aromatic carbocycles. The van der Waals surface area contributed by atoms with Crippen LogP contribution in [0.15, 0.2) is 30.3 Å². The Morgan fingerprint density at radius 1 is 1.36 bits per heavy atom. The number of carbonyl (C=O) groups excluding carboxylic acids is 1. The topological polar surface area (TPSA) is 66.5 Å². The van der Waals surface area contributed by atoms with E-state index in [0.717, 1.165) is 24.9 Å². The first kappa shape index (κ1) is 16.8.